The maximum absolute atomic E-state index is 11.9. The molecule has 3 unspecified atom stereocenters. The highest BCUT2D eigenvalue weighted by molar-refractivity contribution is 5.73. The molecule has 1 aliphatic heterocycles. The van der Waals surface area contributed by atoms with E-state index in [1.54, 1.807) is 6.92 Å². The summed E-state index contributed by atoms with van der Waals surface area (Å²) in [5, 5.41) is 1.89. The Kier molecular flexibility index (Phi) is 28.4. The quantitative estimate of drug-likeness (QED) is 0.120. The minimum absolute atomic E-state index is 0.195. The van der Waals surface area contributed by atoms with Gasteiger partial charge in [-0.05, 0) is 79.9 Å². The molecule has 44 heavy (non-hydrogen) atoms. The molecule has 1 aromatic rings. The SMILES string of the molecule is CC.CCC(C)CC=O.CCC(CC(C)CCN(CCC(C)C)C(C)=O)c1ccc2c(c1)OCO2.CCCON(C)CCC. The monoisotopic (exact) mass is 623 g/mol. The van der Waals surface area contributed by atoms with Gasteiger partial charge in [-0.3, -0.25) is 9.63 Å². The zero-order valence-electron chi connectivity index (χ0n) is 30.7. The Morgan fingerprint density at radius 3 is 2.05 bits per heavy atom. The first-order chi connectivity index (χ1) is 21.0. The molecular formula is C37H70N2O5. The summed E-state index contributed by atoms with van der Waals surface area (Å²) in [5.41, 5.74) is 1.33. The lowest BCUT2D eigenvalue weighted by Crippen LogP contribution is -2.32. The van der Waals surface area contributed by atoms with Gasteiger partial charge in [-0.1, -0.05) is 81.7 Å². The van der Waals surface area contributed by atoms with Gasteiger partial charge < -0.3 is 19.2 Å². The van der Waals surface area contributed by atoms with Crippen LogP contribution in [0.15, 0.2) is 18.2 Å². The Labute approximate surface area is 272 Å². The number of fused-ring (bicyclic) bond motifs is 1. The molecule has 0 fully saturated rings. The van der Waals surface area contributed by atoms with Gasteiger partial charge in [-0.25, -0.2) is 0 Å². The number of carbonyl (C=O) groups is 2. The summed E-state index contributed by atoms with van der Waals surface area (Å²) in [5.74, 6) is 4.21. The summed E-state index contributed by atoms with van der Waals surface area (Å²) in [6.07, 6.45) is 9.42. The number of nitrogens with zero attached hydrogens (tertiary/aromatic N) is 2. The molecule has 0 bridgehead atoms. The van der Waals surface area contributed by atoms with E-state index < -0.39 is 0 Å². The van der Waals surface area contributed by atoms with Gasteiger partial charge in [0.2, 0.25) is 12.7 Å². The van der Waals surface area contributed by atoms with Gasteiger partial charge in [0.15, 0.2) is 11.5 Å². The molecule has 0 N–H and O–H groups in total. The lowest BCUT2D eigenvalue weighted by molar-refractivity contribution is -0.139. The predicted octanol–water partition coefficient (Wildman–Crippen LogP) is 9.54. The minimum Gasteiger partial charge on any atom is -0.454 e. The topological polar surface area (TPSA) is 68.3 Å². The van der Waals surface area contributed by atoms with Crippen molar-refractivity contribution in [3.63, 3.8) is 0 Å². The van der Waals surface area contributed by atoms with Crippen LogP contribution in [0.1, 0.15) is 139 Å². The summed E-state index contributed by atoms with van der Waals surface area (Å²) in [6, 6.07) is 6.32. The van der Waals surface area contributed by atoms with Crippen molar-refractivity contribution in [3.8, 4) is 11.5 Å². The second-order valence-electron chi connectivity index (χ2n) is 12.1. The highest BCUT2D eigenvalue weighted by Crippen LogP contribution is 2.37. The molecule has 0 saturated heterocycles. The molecule has 7 nitrogen and oxygen atoms in total. The largest absolute Gasteiger partial charge is 0.454 e. The molecular weight excluding hydrogens is 552 g/mol. The summed E-state index contributed by atoms with van der Waals surface area (Å²) >= 11 is 0. The second kappa shape index (κ2) is 28.4. The van der Waals surface area contributed by atoms with E-state index in [4.69, 9.17) is 14.3 Å². The number of ether oxygens (including phenoxy) is 2. The third-order valence-corrected chi connectivity index (χ3v) is 7.61. The van der Waals surface area contributed by atoms with E-state index in [1.807, 2.05) is 36.9 Å². The molecule has 0 aliphatic carbocycles. The van der Waals surface area contributed by atoms with Crippen LogP contribution in [0.3, 0.4) is 0 Å². The number of amides is 1. The van der Waals surface area contributed by atoms with Crippen molar-refractivity contribution in [2.24, 2.45) is 17.8 Å². The molecule has 0 radical (unpaired) electrons. The van der Waals surface area contributed by atoms with E-state index in [9.17, 15) is 9.59 Å². The molecule has 0 spiro atoms. The molecule has 2 rings (SSSR count). The molecule has 0 aromatic heterocycles. The van der Waals surface area contributed by atoms with Gasteiger partial charge in [0.25, 0.3) is 0 Å². The van der Waals surface area contributed by atoms with Crippen molar-refractivity contribution in [1.82, 2.24) is 9.96 Å². The second-order valence-corrected chi connectivity index (χ2v) is 12.1. The van der Waals surface area contributed by atoms with Crippen LogP contribution in [0.25, 0.3) is 0 Å². The number of carbonyl (C=O) groups excluding carboxylic acids is 2. The standard InChI is InChI=1S/C22H35NO3.C7H17NO.C6H12O.C2H6/c1-6-19(20-7-8-21-22(14-20)26-15-25-21)13-17(4)10-12-23(18(5)24)11-9-16(2)3;1-4-6-8(3)9-7-5-2;1-3-6(2)4-5-7;1-2/h7-8,14,16-17,19H,6,9-13,15H2,1-5H3;4-7H2,1-3H3;5-6H,3-4H2,1-2H3;1-2H3. The molecule has 258 valence electrons. The predicted molar refractivity (Wildman–Crippen MR) is 186 cm³/mol. The Hall–Kier alpha value is -2.12. The number of hydroxylamine groups is 2. The summed E-state index contributed by atoms with van der Waals surface area (Å²) in [6.45, 7) is 27.0. The number of rotatable bonds is 18. The van der Waals surface area contributed by atoms with E-state index in [0.717, 1.165) is 95.4 Å². The molecule has 1 amide bonds. The van der Waals surface area contributed by atoms with E-state index in [2.05, 4.69) is 67.5 Å². The fourth-order valence-electron chi connectivity index (χ4n) is 4.48. The van der Waals surface area contributed by atoms with Gasteiger partial charge in [0.05, 0.1) is 6.61 Å². The number of hydrogen-bond acceptors (Lipinski definition) is 6. The van der Waals surface area contributed by atoms with Crippen LogP contribution in [0.5, 0.6) is 11.5 Å². The summed E-state index contributed by atoms with van der Waals surface area (Å²) < 4.78 is 10.9. The zero-order chi connectivity index (χ0) is 33.9. The van der Waals surface area contributed by atoms with Gasteiger partial charge >= 0.3 is 0 Å². The lowest BCUT2D eigenvalue weighted by atomic mass is 9.86. The summed E-state index contributed by atoms with van der Waals surface area (Å²) in [7, 11) is 1.97. The third-order valence-electron chi connectivity index (χ3n) is 7.61. The van der Waals surface area contributed by atoms with E-state index in [1.165, 1.54) is 5.56 Å². The molecule has 7 heteroatoms. The van der Waals surface area contributed by atoms with Crippen molar-refractivity contribution >= 4 is 12.2 Å². The van der Waals surface area contributed by atoms with Crippen molar-refractivity contribution < 1.29 is 23.9 Å². The molecule has 1 aromatic carbocycles. The summed E-state index contributed by atoms with van der Waals surface area (Å²) in [4.78, 5) is 28.9. The fourth-order valence-corrected chi connectivity index (χ4v) is 4.48. The first-order valence-electron chi connectivity index (χ1n) is 17.4. The zero-order valence-corrected chi connectivity index (χ0v) is 30.7. The van der Waals surface area contributed by atoms with Crippen LogP contribution >= 0.6 is 0 Å². The first kappa shape index (κ1) is 44.0. The minimum atomic E-state index is 0.195. The first-order valence-corrected chi connectivity index (χ1v) is 17.4. The van der Waals surface area contributed by atoms with E-state index >= 15 is 0 Å². The molecule has 1 heterocycles. The van der Waals surface area contributed by atoms with Crippen LogP contribution in [0, 0.1) is 17.8 Å². The lowest BCUT2D eigenvalue weighted by Gasteiger charge is -2.25. The van der Waals surface area contributed by atoms with Crippen molar-refractivity contribution in [3.05, 3.63) is 23.8 Å². The van der Waals surface area contributed by atoms with E-state index in [-0.39, 0.29) is 5.91 Å². The van der Waals surface area contributed by atoms with Crippen molar-refractivity contribution in [2.75, 3.05) is 40.1 Å². The Balaban J connectivity index is 0. The Morgan fingerprint density at radius 1 is 0.909 bits per heavy atom. The van der Waals surface area contributed by atoms with Crippen LogP contribution in [0.2, 0.25) is 0 Å². The van der Waals surface area contributed by atoms with Gasteiger partial charge in [-0.2, -0.15) is 5.06 Å². The average molecular weight is 623 g/mol. The average Bonchev–Trinajstić information content (AvgIpc) is 3.48. The fraction of sp³-hybridized carbons (Fsp3) is 0.784. The Morgan fingerprint density at radius 2 is 1.55 bits per heavy atom. The highest BCUT2D eigenvalue weighted by atomic mass is 16.7. The van der Waals surface area contributed by atoms with Crippen LogP contribution < -0.4 is 9.47 Å². The maximum Gasteiger partial charge on any atom is 0.231 e. The van der Waals surface area contributed by atoms with Crippen LogP contribution in [-0.4, -0.2) is 62.2 Å². The van der Waals surface area contributed by atoms with Gasteiger partial charge in [0, 0.05) is 40.0 Å². The Bertz CT molecular complexity index is 832. The smallest absolute Gasteiger partial charge is 0.231 e. The molecule has 1 aliphatic rings. The van der Waals surface area contributed by atoms with E-state index in [0.29, 0.717) is 30.5 Å². The van der Waals surface area contributed by atoms with Crippen molar-refractivity contribution in [1.29, 1.82) is 0 Å². The highest BCUT2D eigenvalue weighted by Gasteiger charge is 2.20. The van der Waals surface area contributed by atoms with Crippen LogP contribution in [-0.2, 0) is 14.4 Å². The van der Waals surface area contributed by atoms with Gasteiger partial charge in [0.1, 0.15) is 6.29 Å². The number of aldehydes is 1. The van der Waals surface area contributed by atoms with Crippen molar-refractivity contribution in [2.45, 2.75) is 133 Å². The van der Waals surface area contributed by atoms with Gasteiger partial charge in [-0.15, -0.1) is 0 Å². The molecule has 0 saturated carbocycles. The normalized spacial score (nSPS) is 13.4. The van der Waals surface area contributed by atoms with Crippen LogP contribution in [0.4, 0.5) is 0 Å². The number of hydrogen-bond donors (Lipinski definition) is 0. The third kappa shape index (κ3) is 21.6. The number of benzene rings is 1. The molecule has 3 atom stereocenters. The maximum atomic E-state index is 11.9.